The fourth-order valence-electron chi connectivity index (χ4n) is 2.97. The van der Waals surface area contributed by atoms with E-state index in [1.807, 2.05) is 0 Å². The van der Waals surface area contributed by atoms with Crippen LogP contribution in [0.3, 0.4) is 0 Å². The number of rotatable bonds is 0. The maximum atomic E-state index is 13.3. The Labute approximate surface area is 120 Å². The Bertz CT molecular complexity index is 670. The Morgan fingerprint density at radius 3 is 2.81 bits per heavy atom. The monoisotopic (exact) mass is 294 g/mol. The highest BCUT2D eigenvalue weighted by Crippen LogP contribution is 2.42. The van der Waals surface area contributed by atoms with E-state index in [2.05, 4.69) is 17.2 Å². The quantitative estimate of drug-likeness (QED) is 0.744. The summed E-state index contributed by atoms with van der Waals surface area (Å²) in [5.74, 6) is 4.74. The van der Waals surface area contributed by atoms with Crippen LogP contribution in [-0.2, 0) is 6.18 Å². The minimum Gasteiger partial charge on any atom is -0.329 e. The predicted molar refractivity (Wildman–Crippen MR) is 70.6 cm³/mol. The molecule has 0 spiro atoms. The maximum Gasteiger partial charge on any atom is 0.417 e. The van der Waals surface area contributed by atoms with Gasteiger partial charge in [0.05, 0.1) is 17.2 Å². The first kappa shape index (κ1) is 14.0. The molecule has 3 rings (SSSR count). The summed E-state index contributed by atoms with van der Waals surface area (Å²) in [7, 11) is 0. The standard InChI is InChI=1S/C15H13F3N2O/c1-2-3-9-6-10-12-8-19-4-5-20(12)14(21)13(10)11(7-9)15(16,17)18/h6-7,12,19H,4-5,8H2,1H3/t12-/m0/s1. The fraction of sp³-hybridized carbons (Fsp3) is 0.400. The maximum absolute atomic E-state index is 13.3. The van der Waals surface area contributed by atoms with Crippen LogP contribution in [0, 0.1) is 11.8 Å². The van der Waals surface area contributed by atoms with Gasteiger partial charge in [-0.25, -0.2) is 0 Å². The predicted octanol–water partition coefficient (Wildman–Crippen LogP) is 2.18. The molecule has 0 bridgehead atoms. The summed E-state index contributed by atoms with van der Waals surface area (Å²) in [6, 6.07) is 2.25. The van der Waals surface area contributed by atoms with Gasteiger partial charge in [-0.2, -0.15) is 13.2 Å². The molecule has 1 saturated heterocycles. The SMILES string of the molecule is CC#Cc1cc2c(c(C(F)(F)F)c1)C(=O)N1CCNC[C@@H]21. The molecule has 6 heteroatoms. The van der Waals surface area contributed by atoms with Gasteiger partial charge in [0, 0.05) is 25.2 Å². The largest absolute Gasteiger partial charge is 0.417 e. The van der Waals surface area contributed by atoms with E-state index in [0.717, 1.165) is 6.07 Å². The topological polar surface area (TPSA) is 32.3 Å². The highest BCUT2D eigenvalue weighted by molar-refractivity contribution is 6.01. The number of fused-ring (bicyclic) bond motifs is 3. The molecule has 1 fully saturated rings. The van der Waals surface area contributed by atoms with Gasteiger partial charge < -0.3 is 10.2 Å². The average molecular weight is 294 g/mol. The molecule has 2 aliphatic heterocycles. The fourth-order valence-corrected chi connectivity index (χ4v) is 2.97. The van der Waals surface area contributed by atoms with Crippen molar-refractivity contribution < 1.29 is 18.0 Å². The number of hydrogen-bond donors (Lipinski definition) is 1. The Hall–Kier alpha value is -2.00. The summed E-state index contributed by atoms with van der Waals surface area (Å²) in [5, 5.41) is 3.12. The van der Waals surface area contributed by atoms with Crippen molar-refractivity contribution in [3.05, 3.63) is 34.4 Å². The van der Waals surface area contributed by atoms with Crippen molar-refractivity contribution in [1.82, 2.24) is 10.2 Å². The molecule has 0 saturated carbocycles. The highest BCUT2D eigenvalue weighted by atomic mass is 19.4. The van der Waals surface area contributed by atoms with Gasteiger partial charge in [0.25, 0.3) is 5.91 Å². The normalized spacial score (nSPS) is 20.7. The van der Waals surface area contributed by atoms with Crippen LogP contribution in [0.5, 0.6) is 0 Å². The summed E-state index contributed by atoms with van der Waals surface area (Å²) in [5.41, 5.74) is -0.362. The van der Waals surface area contributed by atoms with Gasteiger partial charge in [0.2, 0.25) is 0 Å². The third kappa shape index (κ3) is 2.18. The third-order valence-corrected chi connectivity index (χ3v) is 3.82. The number of carbonyl (C=O) groups is 1. The van der Waals surface area contributed by atoms with E-state index < -0.39 is 17.6 Å². The van der Waals surface area contributed by atoms with Gasteiger partial charge >= 0.3 is 6.18 Å². The minimum absolute atomic E-state index is 0.210. The van der Waals surface area contributed by atoms with Crippen LogP contribution in [-0.4, -0.2) is 30.4 Å². The van der Waals surface area contributed by atoms with E-state index in [1.54, 1.807) is 13.0 Å². The van der Waals surface area contributed by atoms with Gasteiger partial charge in [0.15, 0.2) is 0 Å². The third-order valence-electron chi connectivity index (χ3n) is 3.82. The van der Waals surface area contributed by atoms with Crippen LogP contribution in [0.25, 0.3) is 0 Å². The minimum atomic E-state index is -4.56. The number of nitrogens with zero attached hydrogens (tertiary/aromatic N) is 1. The number of benzene rings is 1. The summed E-state index contributed by atoms with van der Waals surface area (Å²) >= 11 is 0. The zero-order chi connectivity index (χ0) is 15.2. The zero-order valence-corrected chi connectivity index (χ0v) is 11.3. The Kier molecular flexibility index (Phi) is 3.18. The van der Waals surface area contributed by atoms with E-state index in [0.29, 0.717) is 30.8 Å². The molecule has 110 valence electrons. The van der Waals surface area contributed by atoms with Crippen molar-refractivity contribution in [1.29, 1.82) is 0 Å². The second-order valence-corrected chi connectivity index (χ2v) is 5.08. The summed E-state index contributed by atoms with van der Waals surface area (Å²) in [4.78, 5) is 13.8. The Balaban J connectivity index is 2.24. The van der Waals surface area contributed by atoms with Crippen molar-refractivity contribution in [2.45, 2.75) is 19.1 Å². The van der Waals surface area contributed by atoms with Crippen molar-refractivity contribution in [3.8, 4) is 11.8 Å². The molecule has 1 atom stereocenters. The van der Waals surface area contributed by atoms with Gasteiger partial charge in [-0.05, 0) is 24.6 Å². The van der Waals surface area contributed by atoms with Crippen molar-refractivity contribution in [2.75, 3.05) is 19.6 Å². The van der Waals surface area contributed by atoms with Gasteiger partial charge in [0.1, 0.15) is 0 Å². The second kappa shape index (κ2) is 4.78. The van der Waals surface area contributed by atoms with Crippen LogP contribution in [0.4, 0.5) is 13.2 Å². The van der Waals surface area contributed by atoms with E-state index in [1.165, 1.54) is 4.90 Å². The van der Waals surface area contributed by atoms with Gasteiger partial charge in [-0.15, -0.1) is 5.92 Å². The van der Waals surface area contributed by atoms with E-state index in [9.17, 15) is 18.0 Å². The zero-order valence-electron chi connectivity index (χ0n) is 11.3. The van der Waals surface area contributed by atoms with Crippen LogP contribution in [0.1, 0.15) is 40.0 Å². The first-order valence-electron chi connectivity index (χ1n) is 6.63. The molecule has 2 aliphatic rings. The number of alkyl halides is 3. The van der Waals surface area contributed by atoms with Crippen molar-refractivity contribution in [3.63, 3.8) is 0 Å². The van der Waals surface area contributed by atoms with Crippen LogP contribution >= 0.6 is 0 Å². The van der Waals surface area contributed by atoms with Crippen molar-refractivity contribution >= 4 is 5.91 Å². The number of piperazine rings is 1. The summed E-state index contributed by atoms with van der Waals surface area (Å²) < 4.78 is 39.8. The molecule has 1 aromatic rings. The lowest BCUT2D eigenvalue weighted by molar-refractivity contribution is -0.138. The smallest absolute Gasteiger partial charge is 0.329 e. The Morgan fingerprint density at radius 1 is 1.38 bits per heavy atom. The highest BCUT2D eigenvalue weighted by Gasteiger charge is 2.45. The molecular formula is C15H13F3N2O. The molecular weight excluding hydrogens is 281 g/mol. The molecule has 0 unspecified atom stereocenters. The molecule has 0 aromatic heterocycles. The van der Waals surface area contributed by atoms with E-state index >= 15 is 0 Å². The first-order chi connectivity index (χ1) is 9.93. The summed E-state index contributed by atoms with van der Waals surface area (Å²) in [6.07, 6.45) is -4.56. The van der Waals surface area contributed by atoms with Crippen LogP contribution in [0.2, 0.25) is 0 Å². The molecule has 0 aliphatic carbocycles. The number of carbonyl (C=O) groups excluding carboxylic acids is 1. The molecule has 0 radical (unpaired) electrons. The lowest BCUT2D eigenvalue weighted by atomic mass is 9.95. The van der Waals surface area contributed by atoms with Crippen LogP contribution < -0.4 is 5.32 Å². The molecule has 1 amide bonds. The number of halogens is 3. The molecule has 1 N–H and O–H groups in total. The lowest BCUT2D eigenvalue weighted by Crippen LogP contribution is -2.44. The van der Waals surface area contributed by atoms with Crippen LogP contribution in [0.15, 0.2) is 12.1 Å². The van der Waals surface area contributed by atoms with E-state index in [-0.39, 0.29) is 11.6 Å². The first-order valence-corrected chi connectivity index (χ1v) is 6.63. The average Bonchev–Trinajstić information content (AvgIpc) is 2.72. The number of nitrogens with one attached hydrogen (secondary N) is 1. The second-order valence-electron chi connectivity index (χ2n) is 5.08. The number of hydrogen-bond acceptors (Lipinski definition) is 2. The Morgan fingerprint density at radius 2 is 2.14 bits per heavy atom. The molecule has 2 heterocycles. The van der Waals surface area contributed by atoms with Gasteiger partial charge in [-0.1, -0.05) is 5.92 Å². The summed E-state index contributed by atoms with van der Waals surface area (Å²) in [6.45, 7) is 3.06. The van der Waals surface area contributed by atoms with Crippen molar-refractivity contribution in [2.24, 2.45) is 0 Å². The molecule has 21 heavy (non-hydrogen) atoms. The molecule has 1 aromatic carbocycles. The molecule has 3 nitrogen and oxygen atoms in total. The number of amides is 1. The van der Waals surface area contributed by atoms with E-state index in [4.69, 9.17) is 0 Å². The lowest BCUT2D eigenvalue weighted by Gasteiger charge is -2.30. The van der Waals surface area contributed by atoms with Gasteiger partial charge in [-0.3, -0.25) is 4.79 Å².